The molecule has 1 aromatic carbocycles. The lowest BCUT2D eigenvalue weighted by Crippen LogP contribution is -3.00. The first kappa shape index (κ1) is 21.3. The number of hydrogen-bond donors (Lipinski definition) is 1. The standard InChI is InChI=1S/C22H20N3OS2.ClH/c1-16-9-10-22(28-16)21(26)14-25-11-5-6-17(13-25)20-12-18(23-24-20)15-27-19-7-3-2-4-8-19;/h2-13H,14-15H2,1H3,(H,23,24);1H/q+1;/p-1. The molecule has 0 radical (unpaired) electrons. The summed E-state index contributed by atoms with van der Waals surface area (Å²) in [6.07, 6.45) is 3.89. The highest BCUT2D eigenvalue weighted by Gasteiger charge is 2.15. The Balaban J connectivity index is 0.00000240. The molecular formula is C22H20ClN3OS2. The molecular weight excluding hydrogens is 422 g/mol. The lowest BCUT2D eigenvalue weighted by Gasteiger charge is -1.98. The van der Waals surface area contributed by atoms with Crippen molar-refractivity contribution in [3.8, 4) is 11.3 Å². The number of carbonyl (C=O) groups is 1. The van der Waals surface area contributed by atoms with Crippen LogP contribution in [0.2, 0.25) is 0 Å². The average molecular weight is 442 g/mol. The number of halogens is 1. The fourth-order valence-corrected chi connectivity index (χ4v) is 4.48. The van der Waals surface area contributed by atoms with Crippen LogP contribution in [0.1, 0.15) is 20.2 Å². The molecule has 0 fully saturated rings. The first-order valence-corrected chi connectivity index (χ1v) is 10.8. The van der Waals surface area contributed by atoms with Gasteiger partial charge in [0.15, 0.2) is 12.4 Å². The molecule has 0 aliphatic rings. The number of aryl methyl sites for hydroxylation is 1. The number of hydrogen-bond acceptors (Lipinski definition) is 4. The topological polar surface area (TPSA) is 49.6 Å². The van der Waals surface area contributed by atoms with Crippen LogP contribution in [0.3, 0.4) is 0 Å². The number of rotatable bonds is 7. The van der Waals surface area contributed by atoms with Crippen molar-refractivity contribution in [2.24, 2.45) is 0 Å². The Morgan fingerprint density at radius 3 is 2.72 bits per heavy atom. The van der Waals surface area contributed by atoms with Gasteiger partial charge in [-0.15, -0.1) is 23.1 Å². The van der Waals surface area contributed by atoms with E-state index in [2.05, 4.69) is 28.4 Å². The molecule has 4 aromatic rings. The second-order valence-corrected chi connectivity index (χ2v) is 8.82. The zero-order chi connectivity index (χ0) is 19.3. The largest absolute Gasteiger partial charge is 1.00 e. The first-order chi connectivity index (χ1) is 13.7. The Morgan fingerprint density at radius 1 is 1.14 bits per heavy atom. The molecule has 3 heterocycles. The Hall–Kier alpha value is -2.41. The summed E-state index contributed by atoms with van der Waals surface area (Å²) < 4.78 is 1.92. The fraction of sp³-hybridized carbons (Fsp3) is 0.136. The van der Waals surface area contributed by atoms with Gasteiger partial charge >= 0.3 is 0 Å². The van der Waals surface area contributed by atoms with Crippen LogP contribution in [-0.4, -0.2) is 16.0 Å². The molecule has 1 N–H and O–H groups in total. The minimum Gasteiger partial charge on any atom is -1.00 e. The molecule has 0 saturated heterocycles. The number of aromatic amines is 1. The van der Waals surface area contributed by atoms with E-state index in [9.17, 15) is 4.79 Å². The maximum atomic E-state index is 12.5. The van der Waals surface area contributed by atoms with Crippen molar-refractivity contribution >= 4 is 28.9 Å². The molecule has 3 aromatic heterocycles. The molecule has 148 valence electrons. The Labute approximate surface area is 184 Å². The molecule has 4 nitrogen and oxygen atoms in total. The van der Waals surface area contributed by atoms with Crippen molar-refractivity contribution in [2.75, 3.05) is 0 Å². The number of thioether (sulfide) groups is 1. The van der Waals surface area contributed by atoms with Crippen LogP contribution in [-0.2, 0) is 12.3 Å². The van der Waals surface area contributed by atoms with Crippen LogP contribution in [0.4, 0.5) is 0 Å². The minimum atomic E-state index is 0. The Bertz CT molecular complexity index is 1090. The van der Waals surface area contributed by atoms with Crippen molar-refractivity contribution in [1.29, 1.82) is 0 Å². The van der Waals surface area contributed by atoms with E-state index in [4.69, 9.17) is 0 Å². The third kappa shape index (κ3) is 5.56. The van der Waals surface area contributed by atoms with E-state index in [0.717, 1.165) is 32.5 Å². The number of H-pyrrole nitrogens is 1. The lowest BCUT2D eigenvalue weighted by molar-refractivity contribution is -0.682. The Morgan fingerprint density at radius 2 is 1.97 bits per heavy atom. The maximum absolute atomic E-state index is 12.5. The summed E-state index contributed by atoms with van der Waals surface area (Å²) in [6.45, 7) is 2.34. The van der Waals surface area contributed by atoms with Crippen LogP contribution < -0.4 is 17.0 Å². The van der Waals surface area contributed by atoms with Crippen molar-refractivity contribution in [2.45, 2.75) is 24.1 Å². The van der Waals surface area contributed by atoms with Crippen LogP contribution in [0.15, 0.2) is 78.0 Å². The number of carbonyl (C=O) groups excluding carboxylic acids is 1. The third-order valence-electron chi connectivity index (χ3n) is 4.26. The van der Waals surface area contributed by atoms with E-state index in [-0.39, 0.29) is 18.2 Å². The predicted octanol–water partition coefficient (Wildman–Crippen LogP) is 1.91. The second-order valence-electron chi connectivity index (χ2n) is 6.48. The number of pyridine rings is 1. The Kier molecular flexibility index (Phi) is 7.25. The summed E-state index contributed by atoms with van der Waals surface area (Å²) in [5.74, 6) is 0.960. The van der Waals surface area contributed by atoms with Gasteiger partial charge in [-0.05, 0) is 43.3 Å². The maximum Gasteiger partial charge on any atom is 0.237 e. The molecule has 0 saturated carbocycles. The van der Waals surface area contributed by atoms with Crippen LogP contribution in [0.25, 0.3) is 11.3 Å². The van der Waals surface area contributed by atoms with Gasteiger partial charge in [0.1, 0.15) is 0 Å². The molecule has 0 atom stereocenters. The van der Waals surface area contributed by atoms with Crippen molar-refractivity contribution in [3.63, 3.8) is 0 Å². The number of nitrogens with zero attached hydrogens (tertiary/aromatic N) is 2. The molecule has 0 bridgehead atoms. The van der Waals surface area contributed by atoms with Crippen LogP contribution >= 0.6 is 23.1 Å². The minimum absolute atomic E-state index is 0. The summed E-state index contributed by atoms with van der Waals surface area (Å²) in [6, 6.07) is 20.2. The quantitative estimate of drug-likeness (QED) is 0.271. The summed E-state index contributed by atoms with van der Waals surface area (Å²) in [5.41, 5.74) is 2.95. The summed E-state index contributed by atoms with van der Waals surface area (Å²) in [7, 11) is 0. The van der Waals surface area contributed by atoms with Gasteiger partial charge in [-0.2, -0.15) is 9.67 Å². The number of benzene rings is 1. The van der Waals surface area contributed by atoms with E-state index in [1.54, 1.807) is 23.1 Å². The number of nitrogens with one attached hydrogen (secondary N) is 1. The van der Waals surface area contributed by atoms with E-state index < -0.39 is 0 Å². The molecule has 4 rings (SSSR count). The first-order valence-electron chi connectivity index (χ1n) is 8.98. The SMILES string of the molecule is Cc1ccc(C(=O)C[n+]2cccc(-c3cc(CSc4ccccc4)[nH]n3)c2)s1.[Cl-]. The van der Waals surface area contributed by atoms with Gasteiger partial charge in [-0.25, -0.2) is 0 Å². The number of Topliss-reactive ketones (excluding diaryl/α,β-unsaturated/α-hetero) is 1. The second kappa shape index (κ2) is 9.87. The van der Waals surface area contributed by atoms with Gasteiger partial charge < -0.3 is 12.4 Å². The molecule has 0 aliphatic heterocycles. The van der Waals surface area contributed by atoms with E-state index in [0.29, 0.717) is 6.54 Å². The molecule has 29 heavy (non-hydrogen) atoms. The highest BCUT2D eigenvalue weighted by atomic mass is 35.5. The molecule has 0 spiro atoms. The zero-order valence-electron chi connectivity index (χ0n) is 15.8. The molecule has 0 unspecified atom stereocenters. The lowest BCUT2D eigenvalue weighted by atomic mass is 10.2. The van der Waals surface area contributed by atoms with Crippen molar-refractivity contribution in [3.05, 3.63) is 88.5 Å². The van der Waals surface area contributed by atoms with Gasteiger partial charge in [-0.3, -0.25) is 9.89 Å². The molecule has 7 heteroatoms. The van der Waals surface area contributed by atoms with Gasteiger partial charge in [0.2, 0.25) is 12.3 Å². The smallest absolute Gasteiger partial charge is 0.237 e. The van der Waals surface area contributed by atoms with E-state index in [1.165, 1.54) is 4.90 Å². The molecule has 0 amide bonds. The normalized spacial score (nSPS) is 10.5. The summed E-state index contributed by atoms with van der Waals surface area (Å²) >= 11 is 3.31. The van der Waals surface area contributed by atoms with Gasteiger partial charge in [-0.1, -0.05) is 18.2 Å². The van der Waals surface area contributed by atoms with Crippen molar-refractivity contribution < 1.29 is 21.8 Å². The van der Waals surface area contributed by atoms with Crippen LogP contribution in [0, 0.1) is 6.92 Å². The highest BCUT2D eigenvalue weighted by molar-refractivity contribution is 7.98. The van der Waals surface area contributed by atoms with E-state index >= 15 is 0 Å². The van der Waals surface area contributed by atoms with Crippen molar-refractivity contribution in [1.82, 2.24) is 10.2 Å². The number of thiophene rings is 1. The fourth-order valence-electron chi connectivity index (χ4n) is 2.86. The van der Waals surface area contributed by atoms with E-state index in [1.807, 2.05) is 66.3 Å². The van der Waals surface area contributed by atoms with Gasteiger partial charge in [0, 0.05) is 27.3 Å². The molecule has 0 aliphatic carbocycles. The number of ketones is 1. The highest BCUT2D eigenvalue weighted by Crippen LogP contribution is 2.23. The van der Waals surface area contributed by atoms with Gasteiger partial charge in [0.25, 0.3) is 0 Å². The monoisotopic (exact) mass is 441 g/mol. The van der Waals surface area contributed by atoms with Crippen LogP contribution in [0.5, 0.6) is 0 Å². The summed E-state index contributed by atoms with van der Waals surface area (Å²) in [5, 5.41) is 7.56. The average Bonchev–Trinajstić information content (AvgIpc) is 3.37. The zero-order valence-corrected chi connectivity index (χ0v) is 18.2. The summed E-state index contributed by atoms with van der Waals surface area (Å²) in [4.78, 5) is 15.7. The number of aromatic nitrogens is 3. The van der Waals surface area contributed by atoms with Gasteiger partial charge in [0.05, 0.1) is 16.1 Å². The third-order valence-corrected chi connectivity index (χ3v) is 6.37. The predicted molar refractivity (Wildman–Crippen MR) is 114 cm³/mol.